The molecule has 27 heavy (non-hydrogen) atoms. The van der Waals surface area contributed by atoms with Crippen LogP contribution < -0.4 is 0 Å². The van der Waals surface area contributed by atoms with Crippen molar-refractivity contribution in [1.82, 2.24) is 0 Å². The van der Waals surface area contributed by atoms with Gasteiger partial charge in [0, 0.05) is 11.3 Å². The molecule has 0 heterocycles. The second-order valence-electron chi connectivity index (χ2n) is 9.43. The predicted octanol–water partition coefficient (Wildman–Crippen LogP) is 4.76. The number of hydrogen-bond donors (Lipinski definition) is 0. The molecular weight excluding hydrogens is 332 g/mol. The van der Waals surface area contributed by atoms with Crippen molar-refractivity contribution in [2.24, 2.45) is 40.4 Å². The first-order valence-electron chi connectivity index (χ1n) is 10.2. The molecule has 5 aliphatic carbocycles. The first kappa shape index (κ1) is 16.8. The van der Waals surface area contributed by atoms with Crippen LogP contribution in [0.1, 0.15) is 44.1 Å². The summed E-state index contributed by atoms with van der Waals surface area (Å²) in [5, 5.41) is 19.5. The van der Waals surface area contributed by atoms with Crippen LogP contribution in [0.3, 0.4) is 0 Å². The number of Topliss-reactive ketones (excluding diaryl/α,β-unsaturated/α-hetero) is 1. The number of carbonyl (C=O) groups is 1. The summed E-state index contributed by atoms with van der Waals surface area (Å²) in [6.07, 6.45) is 10.7. The number of hydrogen-bond acceptors (Lipinski definition) is 3. The smallest absolute Gasteiger partial charge is 0.161 e. The fourth-order valence-corrected chi connectivity index (χ4v) is 6.88. The highest BCUT2D eigenvalue weighted by atomic mass is 16.1. The van der Waals surface area contributed by atoms with Gasteiger partial charge in [-0.1, -0.05) is 42.5 Å². The van der Waals surface area contributed by atoms with Crippen molar-refractivity contribution in [3.63, 3.8) is 0 Å². The van der Waals surface area contributed by atoms with Crippen LogP contribution in [-0.2, 0) is 4.79 Å². The minimum atomic E-state index is -1.16. The molecule has 0 amide bonds. The van der Waals surface area contributed by atoms with Gasteiger partial charge in [0.1, 0.15) is 5.78 Å². The van der Waals surface area contributed by atoms with Crippen LogP contribution in [0.15, 0.2) is 36.4 Å². The molecule has 0 radical (unpaired) electrons. The van der Waals surface area contributed by atoms with E-state index >= 15 is 0 Å². The second-order valence-corrected chi connectivity index (χ2v) is 9.43. The van der Waals surface area contributed by atoms with Crippen LogP contribution in [0.2, 0.25) is 0 Å². The summed E-state index contributed by atoms with van der Waals surface area (Å²) in [7, 11) is 0. The summed E-state index contributed by atoms with van der Waals surface area (Å²) in [5.41, 5.74) is -0.366. The standard InChI is InChI=1S/C24H24N2O/c25-14-24(15-26)20(7-6-16-4-2-1-3-5-16)21(24)22(27)23-11-17-8-18(12-23)10-19(9-17)13-23/h1-7,17-21H,8-13H2/b7-6+/t17?,18?,19?,20?,21-,23?/m1/s1. The maximum Gasteiger partial charge on any atom is 0.161 e. The maximum atomic E-state index is 13.7. The minimum absolute atomic E-state index is 0.229. The van der Waals surface area contributed by atoms with Crippen molar-refractivity contribution in [3.8, 4) is 12.1 Å². The van der Waals surface area contributed by atoms with E-state index in [2.05, 4.69) is 12.1 Å². The zero-order valence-corrected chi connectivity index (χ0v) is 15.5. The van der Waals surface area contributed by atoms with Crippen molar-refractivity contribution in [1.29, 1.82) is 10.5 Å². The third-order valence-electron chi connectivity index (χ3n) is 7.78. The van der Waals surface area contributed by atoms with Gasteiger partial charge in [-0.15, -0.1) is 0 Å². The number of allylic oxidation sites excluding steroid dienone is 1. The Morgan fingerprint density at radius 2 is 1.52 bits per heavy atom. The molecule has 1 unspecified atom stereocenters. The normalized spacial score (nSPS) is 40.4. The van der Waals surface area contributed by atoms with Crippen LogP contribution in [0.5, 0.6) is 0 Å². The molecule has 3 heteroatoms. The van der Waals surface area contributed by atoms with Gasteiger partial charge >= 0.3 is 0 Å². The fraction of sp³-hybridized carbons (Fsp3) is 0.542. The lowest BCUT2D eigenvalue weighted by atomic mass is 9.48. The molecule has 4 bridgehead atoms. The van der Waals surface area contributed by atoms with Gasteiger partial charge in [-0.05, 0) is 61.8 Å². The Hall–Kier alpha value is -2.39. The average molecular weight is 356 g/mol. The molecule has 5 aliphatic rings. The lowest BCUT2D eigenvalue weighted by molar-refractivity contribution is -0.145. The van der Waals surface area contributed by atoms with E-state index in [0.717, 1.165) is 24.8 Å². The Labute approximate surface area is 160 Å². The van der Waals surface area contributed by atoms with Gasteiger partial charge in [-0.25, -0.2) is 0 Å². The van der Waals surface area contributed by atoms with Crippen molar-refractivity contribution in [3.05, 3.63) is 42.0 Å². The minimum Gasteiger partial charge on any atom is -0.299 e. The van der Waals surface area contributed by atoms with Crippen molar-refractivity contribution >= 4 is 11.9 Å². The number of carbonyl (C=O) groups excluding carboxylic acids is 1. The Morgan fingerprint density at radius 3 is 2.04 bits per heavy atom. The number of nitrogens with zero attached hydrogens (tertiary/aromatic N) is 2. The summed E-state index contributed by atoms with van der Waals surface area (Å²) >= 11 is 0. The van der Waals surface area contributed by atoms with Crippen LogP contribution in [-0.4, -0.2) is 5.78 Å². The number of benzene rings is 1. The zero-order chi connectivity index (χ0) is 18.6. The Morgan fingerprint density at radius 1 is 0.963 bits per heavy atom. The summed E-state index contributed by atoms with van der Waals surface area (Å²) < 4.78 is 0. The molecule has 2 atom stereocenters. The number of ketones is 1. The molecule has 3 nitrogen and oxygen atoms in total. The van der Waals surface area contributed by atoms with E-state index in [-0.39, 0.29) is 17.1 Å². The SMILES string of the molecule is N#CC1(C#N)C(/C=C/c2ccccc2)[C@@H]1C(=O)C12CC3CC(CC(C3)C1)C2. The van der Waals surface area contributed by atoms with Crippen molar-refractivity contribution < 1.29 is 4.79 Å². The van der Waals surface area contributed by atoms with Gasteiger partial charge < -0.3 is 0 Å². The summed E-state index contributed by atoms with van der Waals surface area (Å²) in [6, 6.07) is 14.3. The van der Waals surface area contributed by atoms with E-state index < -0.39 is 11.3 Å². The van der Waals surface area contributed by atoms with Gasteiger partial charge in [-0.3, -0.25) is 4.79 Å². The fourth-order valence-electron chi connectivity index (χ4n) is 6.88. The molecule has 5 saturated carbocycles. The van der Waals surface area contributed by atoms with E-state index in [1.165, 1.54) is 19.3 Å². The first-order valence-corrected chi connectivity index (χ1v) is 10.2. The van der Waals surface area contributed by atoms with Gasteiger partial charge in [0.2, 0.25) is 0 Å². The highest BCUT2D eigenvalue weighted by Gasteiger charge is 2.72. The van der Waals surface area contributed by atoms with Crippen LogP contribution >= 0.6 is 0 Å². The quantitative estimate of drug-likeness (QED) is 0.781. The van der Waals surface area contributed by atoms with Crippen LogP contribution in [0.4, 0.5) is 0 Å². The number of rotatable bonds is 4. The third-order valence-corrected chi connectivity index (χ3v) is 7.78. The first-order chi connectivity index (χ1) is 13.1. The molecule has 1 aromatic rings. The molecule has 136 valence electrons. The predicted molar refractivity (Wildman–Crippen MR) is 102 cm³/mol. The summed E-state index contributed by atoms with van der Waals surface area (Å²) in [6.45, 7) is 0. The molecule has 0 aromatic heterocycles. The molecule has 0 N–H and O–H groups in total. The van der Waals surface area contributed by atoms with Crippen LogP contribution in [0, 0.1) is 63.1 Å². The summed E-state index contributed by atoms with van der Waals surface area (Å²) in [5.74, 6) is 1.59. The van der Waals surface area contributed by atoms with E-state index in [0.29, 0.717) is 17.8 Å². The van der Waals surface area contributed by atoms with Gasteiger partial charge in [-0.2, -0.15) is 10.5 Å². The highest BCUT2D eigenvalue weighted by molar-refractivity contribution is 5.93. The monoisotopic (exact) mass is 356 g/mol. The van der Waals surface area contributed by atoms with Crippen molar-refractivity contribution in [2.45, 2.75) is 38.5 Å². The van der Waals surface area contributed by atoms with E-state index in [4.69, 9.17) is 0 Å². The van der Waals surface area contributed by atoms with Crippen molar-refractivity contribution in [2.75, 3.05) is 0 Å². The topological polar surface area (TPSA) is 64.7 Å². The molecule has 5 fully saturated rings. The Bertz CT molecular complexity index is 836. The summed E-state index contributed by atoms with van der Waals surface area (Å²) in [4.78, 5) is 13.7. The third kappa shape index (κ3) is 2.41. The van der Waals surface area contributed by atoms with E-state index in [1.54, 1.807) is 0 Å². The molecular formula is C24H24N2O. The van der Waals surface area contributed by atoms with Crippen LogP contribution in [0.25, 0.3) is 6.08 Å². The molecule has 1 aromatic carbocycles. The zero-order valence-electron chi connectivity index (χ0n) is 15.5. The average Bonchev–Trinajstić information content (AvgIpc) is 3.33. The number of nitriles is 2. The molecule has 6 rings (SSSR count). The van der Waals surface area contributed by atoms with Gasteiger partial charge in [0.25, 0.3) is 0 Å². The Kier molecular flexibility index (Phi) is 3.60. The van der Waals surface area contributed by atoms with E-state index in [9.17, 15) is 15.3 Å². The largest absolute Gasteiger partial charge is 0.299 e. The molecule has 0 saturated heterocycles. The van der Waals surface area contributed by atoms with Gasteiger partial charge in [0.05, 0.1) is 18.1 Å². The van der Waals surface area contributed by atoms with E-state index in [1.807, 2.05) is 42.5 Å². The van der Waals surface area contributed by atoms with Gasteiger partial charge in [0.15, 0.2) is 5.41 Å². The molecule has 0 spiro atoms. The maximum absolute atomic E-state index is 13.7. The lowest BCUT2D eigenvalue weighted by Crippen LogP contribution is -2.50. The highest BCUT2D eigenvalue weighted by Crippen LogP contribution is 2.67. The Balaban J connectivity index is 1.43. The second kappa shape index (κ2) is 5.80. The molecule has 0 aliphatic heterocycles. The lowest BCUT2D eigenvalue weighted by Gasteiger charge is -2.56.